The van der Waals surface area contributed by atoms with Gasteiger partial charge in [-0.05, 0) is 29.3 Å². The highest BCUT2D eigenvalue weighted by Crippen LogP contribution is 2.41. The standard InChI is InChI=1S/C11H6Cl3O/c1-7(11(12,13)14)9-4-8-2-3-15-6-10(8)5-9/h1-6H. The summed E-state index contributed by atoms with van der Waals surface area (Å²) in [5, 5.41) is 0. The molecule has 2 rings (SSSR count). The summed E-state index contributed by atoms with van der Waals surface area (Å²) < 4.78 is 3.44. The van der Waals surface area contributed by atoms with Crippen molar-refractivity contribution in [1.82, 2.24) is 0 Å². The van der Waals surface area contributed by atoms with Crippen molar-refractivity contribution in [3.63, 3.8) is 0 Å². The third-order valence-corrected chi connectivity index (χ3v) is 2.70. The van der Waals surface area contributed by atoms with Crippen molar-refractivity contribution in [3.8, 4) is 11.1 Å². The SMILES string of the molecule is [CH]=C(c1cc2ccocc-2c1)C(Cl)(Cl)Cl. The Labute approximate surface area is 103 Å². The van der Waals surface area contributed by atoms with Crippen LogP contribution in [0.1, 0.15) is 5.56 Å². The van der Waals surface area contributed by atoms with Crippen LogP contribution in [0.15, 0.2) is 35.1 Å². The zero-order valence-electron chi connectivity index (χ0n) is 7.51. The van der Waals surface area contributed by atoms with Crippen LogP contribution in [0.3, 0.4) is 0 Å². The van der Waals surface area contributed by atoms with Gasteiger partial charge in [0.1, 0.15) is 0 Å². The van der Waals surface area contributed by atoms with Crippen molar-refractivity contribution in [1.29, 1.82) is 0 Å². The Bertz CT molecular complexity index is 437. The van der Waals surface area contributed by atoms with E-state index in [4.69, 9.17) is 45.8 Å². The maximum atomic E-state index is 5.73. The van der Waals surface area contributed by atoms with Crippen LogP contribution in [0.5, 0.6) is 0 Å². The number of fused-ring (bicyclic) bond motifs is 1. The van der Waals surface area contributed by atoms with Crippen LogP contribution < -0.4 is 0 Å². The Morgan fingerprint density at radius 1 is 1.20 bits per heavy atom. The Morgan fingerprint density at radius 2 is 1.87 bits per heavy atom. The lowest BCUT2D eigenvalue weighted by molar-refractivity contribution is 0.552. The van der Waals surface area contributed by atoms with Crippen molar-refractivity contribution in [2.75, 3.05) is 0 Å². The third-order valence-electron chi connectivity index (χ3n) is 2.09. The molecule has 77 valence electrons. The van der Waals surface area contributed by atoms with Gasteiger partial charge in [0, 0.05) is 11.1 Å². The van der Waals surface area contributed by atoms with Crippen LogP contribution >= 0.6 is 34.8 Å². The van der Waals surface area contributed by atoms with Crippen molar-refractivity contribution in [2.24, 2.45) is 0 Å². The fourth-order valence-electron chi connectivity index (χ4n) is 1.33. The largest absolute Gasteiger partial charge is 0.472 e. The molecule has 0 amide bonds. The topological polar surface area (TPSA) is 13.1 Å². The highest BCUT2D eigenvalue weighted by atomic mass is 35.6. The quantitative estimate of drug-likeness (QED) is 0.685. The van der Waals surface area contributed by atoms with Gasteiger partial charge in [-0.15, -0.1) is 0 Å². The summed E-state index contributed by atoms with van der Waals surface area (Å²) in [7, 11) is 0. The predicted octanol–water partition coefficient (Wildman–Crippen LogP) is 4.57. The van der Waals surface area contributed by atoms with Crippen LogP contribution in [0.4, 0.5) is 0 Å². The summed E-state index contributed by atoms with van der Waals surface area (Å²) >= 11 is 17.1. The molecule has 1 aliphatic carbocycles. The maximum Gasteiger partial charge on any atom is 0.216 e. The zero-order valence-corrected chi connectivity index (χ0v) is 9.77. The molecule has 0 fully saturated rings. The molecule has 0 aromatic rings. The molecule has 1 radical (unpaired) electrons. The number of allylic oxidation sites excluding steroid dienone is 1. The number of hydrogen-bond donors (Lipinski definition) is 0. The van der Waals surface area contributed by atoms with E-state index in [9.17, 15) is 0 Å². The molecule has 0 saturated heterocycles. The molecule has 0 bridgehead atoms. The van der Waals surface area contributed by atoms with E-state index >= 15 is 0 Å². The molecule has 0 aromatic heterocycles. The van der Waals surface area contributed by atoms with Gasteiger partial charge in [0.05, 0.1) is 12.5 Å². The average molecular weight is 261 g/mol. The lowest BCUT2D eigenvalue weighted by Crippen LogP contribution is -2.03. The minimum atomic E-state index is -1.58. The molecular weight excluding hydrogens is 254 g/mol. The number of halogens is 3. The highest BCUT2D eigenvalue weighted by Gasteiger charge is 2.26. The van der Waals surface area contributed by atoms with Gasteiger partial charge >= 0.3 is 0 Å². The molecule has 1 nitrogen and oxygen atoms in total. The molecule has 15 heavy (non-hydrogen) atoms. The Morgan fingerprint density at radius 3 is 2.47 bits per heavy atom. The molecule has 2 aliphatic rings. The molecule has 0 spiro atoms. The number of alkyl halides is 3. The highest BCUT2D eigenvalue weighted by molar-refractivity contribution is 6.72. The Balaban J connectivity index is 2.47. The predicted molar refractivity (Wildman–Crippen MR) is 63.3 cm³/mol. The second-order valence-corrected chi connectivity index (χ2v) is 5.40. The van der Waals surface area contributed by atoms with E-state index in [1.54, 1.807) is 12.5 Å². The first-order valence-corrected chi connectivity index (χ1v) is 5.28. The van der Waals surface area contributed by atoms with Crippen LogP contribution in [0.2, 0.25) is 0 Å². The fourth-order valence-corrected chi connectivity index (χ4v) is 1.66. The maximum absolute atomic E-state index is 5.73. The van der Waals surface area contributed by atoms with Gasteiger partial charge in [-0.1, -0.05) is 41.4 Å². The van der Waals surface area contributed by atoms with Gasteiger partial charge in [-0.2, -0.15) is 0 Å². The number of rotatable bonds is 1. The van der Waals surface area contributed by atoms with Crippen LogP contribution in [0, 0.1) is 6.58 Å². The first-order valence-electron chi connectivity index (χ1n) is 4.14. The van der Waals surface area contributed by atoms with Crippen LogP contribution in [-0.4, -0.2) is 3.79 Å². The Hall–Kier alpha value is -0.630. The summed E-state index contributed by atoms with van der Waals surface area (Å²) in [6.45, 7) is 5.73. The van der Waals surface area contributed by atoms with Crippen molar-refractivity contribution >= 4 is 40.4 Å². The summed E-state index contributed by atoms with van der Waals surface area (Å²) in [5.74, 6) is 0. The van der Waals surface area contributed by atoms with Crippen molar-refractivity contribution in [3.05, 3.63) is 42.9 Å². The summed E-state index contributed by atoms with van der Waals surface area (Å²) in [5.41, 5.74) is 2.83. The van der Waals surface area contributed by atoms with Gasteiger partial charge in [0.25, 0.3) is 0 Å². The molecule has 0 atom stereocenters. The second-order valence-electron chi connectivity index (χ2n) is 3.12. The van der Waals surface area contributed by atoms with Crippen LogP contribution in [-0.2, 0) is 0 Å². The van der Waals surface area contributed by atoms with E-state index in [2.05, 4.69) is 0 Å². The van der Waals surface area contributed by atoms with E-state index in [-0.39, 0.29) is 5.57 Å². The fraction of sp³-hybridized carbons (Fsp3) is 0.0909. The first kappa shape index (κ1) is 10.9. The molecule has 0 N–H and O–H groups in total. The minimum absolute atomic E-state index is 0.212. The molecular formula is C11H6Cl3O. The van der Waals surface area contributed by atoms with E-state index < -0.39 is 3.79 Å². The minimum Gasteiger partial charge on any atom is -0.472 e. The van der Waals surface area contributed by atoms with Crippen molar-refractivity contribution < 1.29 is 4.42 Å². The molecule has 0 aromatic carbocycles. The summed E-state index contributed by atoms with van der Waals surface area (Å²) in [6.07, 6.45) is 3.20. The van der Waals surface area contributed by atoms with Gasteiger partial charge in [0.15, 0.2) is 0 Å². The van der Waals surface area contributed by atoms with Gasteiger partial charge < -0.3 is 4.42 Å². The molecule has 0 saturated carbocycles. The number of hydrogen-bond acceptors (Lipinski definition) is 1. The molecule has 1 heterocycles. The zero-order chi connectivity index (χ0) is 11.1. The first-order chi connectivity index (χ1) is 6.98. The Kier molecular flexibility index (Phi) is 2.72. The van der Waals surface area contributed by atoms with Gasteiger partial charge in [-0.25, -0.2) is 0 Å². The lowest BCUT2D eigenvalue weighted by Gasteiger charge is -2.12. The van der Waals surface area contributed by atoms with E-state index in [1.165, 1.54) is 0 Å². The average Bonchev–Trinajstić information content (AvgIpc) is 2.58. The van der Waals surface area contributed by atoms with E-state index in [1.807, 2.05) is 18.2 Å². The third kappa shape index (κ3) is 2.15. The summed E-state index contributed by atoms with van der Waals surface area (Å²) in [6, 6.07) is 5.49. The van der Waals surface area contributed by atoms with Gasteiger partial charge in [0.2, 0.25) is 3.79 Å². The smallest absolute Gasteiger partial charge is 0.216 e. The van der Waals surface area contributed by atoms with Crippen LogP contribution in [0.25, 0.3) is 16.7 Å². The normalized spacial score (nSPS) is 11.9. The molecule has 4 heteroatoms. The van der Waals surface area contributed by atoms with Crippen molar-refractivity contribution in [2.45, 2.75) is 3.79 Å². The summed E-state index contributed by atoms with van der Waals surface area (Å²) in [4.78, 5) is 0. The monoisotopic (exact) mass is 259 g/mol. The second kappa shape index (κ2) is 3.75. The van der Waals surface area contributed by atoms with E-state index in [0.29, 0.717) is 5.56 Å². The molecule has 1 aliphatic heterocycles. The van der Waals surface area contributed by atoms with E-state index in [0.717, 1.165) is 11.1 Å². The van der Waals surface area contributed by atoms with Gasteiger partial charge in [-0.3, -0.25) is 0 Å². The lowest BCUT2D eigenvalue weighted by atomic mass is 10.2. The molecule has 0 unspecified atom stereocenters.